The van der Waals surface area contributed by atoms with Crippen LogP contribution >= 0.6 is 11.8 Å². The zero-order valence-corrected chi connectivity index (χ0v) is 17.6. The van der Waals surface area contributed by atoms with E-state index in [1.54, 1.807) is 16.7 Å². The molecule has 2 aliphatic rings. The number of nitrogens with one attached hydrogen (secondary N) is 1. The molecule has 0 radical (unpaired) electrons. The molecule has 0 saturated heterocycles. The van der Waals surface area contributed by atoms with Gasteiger partial charge < -0.3 is 14.7 Å². The molecule has 1 atom stereocenters. The highest BCUT2D eigenvalue weighted by Gasteiger charge is 2.32. The summed E-state index contributed by atoms with van der Waals surface area (Å²) in [6, 6.07) is 7.56. The Morgan fingerprint density at radius 2 is 2.07 bits per heavy atom. The summed E-state index contributed by atoms with van der Waals surface area (Å²) in [7, 11) is 0. The number of rotatable bonds is 7. The largest absolute Gasteiger partial charge is 0.344 e. The van der Waals surface area contributed by atoms with Crippen LogP contribution in [0.3, 0.4) is 0 Å². The molecule has 1 aliphatic carbocycles. The molecule has 2 amide bonds. The van der Waals surface area contributed by atoms with E-state index in [0.717, 1.165) is 35.0 Å². The predicted octanol–water partition coefficient (Wildman–Crippen LogP) is 3.68. The maximum absolute atomic E-state index is 12.7. The number of thioether (sulfide) groups is 1. The Labute approximate surface area is 174 Å². The van der Waals surface area contributed by atoms with Gasteiger partial charge in [-0.2, -0.15) is 4.98 Å². The van der Waals surface area contributed by atoms with Crippen LogP contribution in [0.1, 0.15) is 63.2 Å². The van der Waals surface area contributed by atoms with E-state index in [-0.39, 0.29) is 36.6 Å². The maximum Gasteiger partial charge on any atom is 0.249 e. The molecule has 7 nitrogen and oxygen atoms in total. The fourth-order valence-corrected chi connectivity index (χ4v) is 4.42. The lowest BCUT2D eigenvalue weighted by molar-refractivity contribution is -0.126. The van der Waals surface area contributed by atoms with E-state index in [1.807, 2.05) is 38.1 Å². The van der Waals surface area contributed by atoms with Crippen LogP contribution in [0, 0.1) is 5.92 Å². The van der Waals surface area contributed by atoms with Crippen LogP contribution in [-0.2, 0) is 9.59 Å². The minimum atomic E-state index is -0.343. The summed E-state index contributed by atoms with van der Waals surface area (Å²) in [5.41, 5.74) is 0.938. The molecule has 2 heterocycles. The molecule has 1 fully saturated rings. The lowest BCUT2D eigenvalue weighted by Gasteiger charge is -2.29. The minimum Gasteiger partial charge on any atom is -0.344 e. The first-order valence-electron chi connectivity index (χ1n) is 10.2. The van der Waals surface area contributed by atoms with E-state index in [0.29, 0.717) is 18.4 Å². The summed E-state index contributed by atoms with van der Waals surface area (Å²) in [6.07, 6.45) is 2.50. The summed E-state index contributed by atoms with van der Waals surface area (Å²) >= 11 is 1.76. The van der Waals surface area contributed by atoms with Crippen molar-refractivity contribution in [2.24, 2.45) is 5.92 Å². The monoisotopic (exact) mass is 414 g/mol. The number of carbonyl (C=O) groups excluding carboxylic acids is 2. The summed E-state index contributed by atoms with van der Waals surface area (Å²) in [5.74, 6) is 2.35. The first-order chi connectivity index (χ1) is 14.0. The lowest BCUT2D eigenvalue weighted by atomic mass is 10.0. The number of anilines is 1. The second-order valence-electron chi connectivity index (χ2n) is 7.92. The Bertz CT molecular complexity index is 894. The molecular weight excluding hydrogens is 388 g/mol. The third-order valence-corrected chi connectivity index (χ3v) is 6.29. The standard InChI is InChI=1S/C21H26N4O3S/c1-13(2)19(21-23-20(24-28-21)14-7-8-14)22-17(26)9-10-18(27)25-11-12-29-16-6-4-3-5-15(16)25/h3-6,13-14,19H,7-12H2,1-2H3,(H,22,26). The molecule has 1 N–H and O–H groups in total. The van der Waals surface area contributed by atoms with E-state index in [1.165, 1.54) is 0 Å². The van der Waals surface area contributed by atoms with Crippen molar-refractivity contribution in [3.63, 3.8) is 0 Å². The number of nitrogens with zero attached hydrogens (tertiary/aromatic N) is 3. The van der Waals surface area contributed by atoms with Crippen LogP contribution in [0.15, 0.2) is 33.7 Å². The molecule has 1 aromatic heterocycles. The maximum atomic E-state index is 12.7. The fraction of sp³-hybridized carbons (Fsp3) is 0.524. The smallest absolute Gasteiger partial charge is 0.249 e. The number of hydrogen-bond donors (Lipinski definition) is 1. The average molecular weight is 415 g/mol. The number of aromatic nitrogens is 2. The van der Waals surface area contributed by atoms with Crippen LogP contribution in [0.2, 0.25) is 0 Å². The van der Waals surface area contributed by atoms with Gasteiger partial charge in [0.25, 0.3) is 0 Å². The van der Waals surface area contributed by atoms with Crippen LogP contribution in [0.4, 0.5) is 5.69 Å². The normalized spacial score (nSPS) is 17.1. The Morgan fingerprint density at radius 1 is 1.28 bits per heavy atom. The van der Waals surface area contributed by atoms with Gasteiger partial charge in [0.05, 0.1) is 5.69 Å². The molecule has 0 bridgehead atoms. The highest BCUT2D eigenvalue weighted by atomic mass is 32.2. The van der Waals surface area contributed by atoms with Crippen molar-refractivity contribution in [1.82, 2.24) is 15.5 Å². The lowest BCUT2D eigenvalue weighted by Crippen LogP contribution is -2.37. The van der Waals surface area contributed by atoms with Crippen LogP contribution in [0.5, 0.6) is 0 Å². The zero-order chi connectivity index (χ0) is 20.4. The van der Waals surface area contributed by atoms with Gasteiger partial charge in [-0.05, 0) is 30.9 Å². The number of amides is 2. The highest BCUT2D eigenvalue weighted by Crippen LogP contribution is 2.39. The van der Waals surface area contributed by atoms with Crippen LogP contribution in [0.25, 0.3) is 0 Å². The second kappa shape index (κ2) is 8.57. The van der Waals surface area contributed by atoms with Gasteiger partial charge >= 0.3 is 0 Å². The molecule has 8 heteroatoms. The Morgan fingerprint density at radius 3 is 2.83 bits per heavy atom. The molecule has 4 rings (SSSR count). The van der Waals surface area contributed by atoms with Gasteiger partial charge in [-0.3, -0.25) is 9.59 Å². The third-order valence-electron chi connectivity index (χ3n) is 5.24. The van der Waals surface area contributed by atoms with Crippen molar-refractivity contribution in [2.75, 3.05) is 17.2 Å². The average Bonchev–Trinajstić information content (AvgIpc) is 3.47. The first kappa shape index (κ1) is 19.9. The van der Waals surface area contributed by atoms with Gasteiger partial charge in [0.1, 0.15) is 6.04 Å². The van der Waals surface area contributed by atoms with Gasteiger partial charge in [-0.1, -0.05) is 31.1 Å². The molecular formula is C21H26N4O3S. The molecule has 1 unspecified atom stereocenters. The van der Waals surface area contributed by atoms with E-state index >= 15 is 0 Å². The predicted molar refractivity (Wildman–Crippen MR) is 111 cm³/mol. The Kier molecular flexibility index (Phi) is 5.89. The minimum absolute atomic E-state index is 0.0252. The molecule has 154 valence electrons. The van der Waals surface area contributed by atoms with E-state index in [9.17, 15) is 9.59 Å². The van der Waals surface area contributed by atoms with Gasteiger partial charge in [0, 0.05) is 36.0 Å². The molecule has 1 aliphatic heterocycles. The first-order valence-corrected chi connectivity index (χ1v) is 11.2. The molecule has 1 saturated carbocycles. The summed E-state index contributed by atoms with van der Waals surface area (Å²) < 4.78 is 5.40. The van der Waals surface area contributed by atoms with Gasteiger partial charge in [-0.25, -0.2) is 0 Å². The fourth-order valence-electron chi connectivity index (χ4n) is 3.42. The van der Waals surface area contributed by atoms with Crippen molar-refractivity contribution in [3.8, 4) is 0 Å². The van der Waals surface area contributed by atoms with E-state index in [4.69, 9.17) is 4.52 Å². The van der Waals surface area contributed by atoms with Crippen LogP contribution < -0.4 is 10.2 Å². The van der Waals surface area contributed by atoms with E-state index < -0.39 is 0 Å². The summed E-state index contributed by atoms with van der Waals surface area (Å²) in [5, 5.41) is 7.02. The molecule has 29 heavy (non-hydrogen) atoms. The number of fused-ring (bicyclic) bond motifs is 1. The van der Waals surface area contributed by atoms with Crippen molar-refractivity contribution in [1.29, 1.82) is 0 Å². The second-order valence-corrected chi connectivity index (χ2v) is 9.05. The van der Waals surface area contributed by atoms with Crippen LogP contribution in [-0.4, -0.2) is 34.3 Å². The quantitative estimate of drug-likeness (QED) is 0.744. The third kappa shape index (κ3) is 4.63. The van der Waals surface area contributed by atoms with Gasteiger partial charge in [0.15, 0.2) is 5.82 Å². The SMILES string of the molecule is CC(C)C(NC(=O)CCC(=O)N1CCSc2ccccc21)c1nc(C2CC2)no1. The number of hydrogen-bond acceptors (Lipinski definition) is 6. The topological polar surface area (TPSA) is 88.3 Å². The molecule has 1 aromatic carbocycles. The summed E-state index contributed by atoms with van der Waals surface area (Å²) in [4.78, 5) is 32.6. The highest BCUT2D eigenvalue weighted by molar-refractivity contribution is 7.99. The summed E-state index contributed by atoms with van der Waals surface area (Å²) in [6.45, 7) is 4.67. The Balaban J connectivity index is 1.34. The zero-order valence-electron chi connectivity index (χ0n) is 16.8. The van der Waals surface area contributed by atoms with Gasteiger partial charge in [0.2, 0.25) is 17.7 Å². The number of benzene rings is 1. The molecule has 2 aromatic rings. The van der Waals surface area contributed by atoms with Crippen molar-refractivity contribution >= 4 is 29.3 Å². The molecule has 0 spiro atoms. The van der Waals surface area contributed by atoms with Gasteiger partial charge in [-0.15, -0.1) is 11.8 Å². The van der Waals surface area contributed by atoms with Crippen molar-refractivity contribution in [2.45, 2.75) is 56.4 Å². The van der Waals surface area contributed by atoms with Crippen molar-refractivity contribution < 1.29 is 14.1 Å². The Hall–Kier alpha value is -2.35. The number of carbonyl (C=O) groups is 2. The van der Waals surface area contributed by atoms with E-state index in [2.05, 4.69) is 15.5 Å². The number of para-hydroxylation sites is 1. The van der Waals surface area contributed by atoms with Crippen molar-refractivity contribution in [3.05, 3.63) is 36.0 Å².